The minimum Gasteiger partial charge on any atom is -0.465 e. The van der Waals surface area contributed by atoms with Crippen LogP contribution < -0.4 is 0 Å². The molecule has 0 aromatic heterocycles. The van der Waals surface area contributed by atoms with Crippen molar-refractivity contribution in [2.45, 2.75) is 111 Å². The Morgan fingerprint density at radius 3 is 2.38 bits per heavy atom. The molecule has 4 rings (SSSR count). The lowest BCUT2D eigenvalue weighted by Gasteiger charge is -2.62. The SMILES string of the molecule is CC(C)COC(=O)CC[C@@H](C)[C@H]1CC[C@H]2[C@@H]3[C@@H](O)CC4C[C@@H](O)CC[C@]4(C)[C@H]3CC[C@]12C. The highest BCUT2D eigenvalue weighted by atomic mass is 16.5. The van der Waals surface area contributed by atoms with Gasteiger partial charge in [0.2, 0.25) is 0 Å². The molecule has 4 nitrogen and oxygen atoms in total. The fourth-order valence-electron chi connectivity index (χ4n) is 9.05. The molecule has 0 aliphatic heterocycles. The molecule has 10 atom stereocenters. The van der Waals surface area contributed by atoms with Gasteiger partial charge in [0, 0.05) is 6.42 Å². The first kappa shape index (κ1) is 24.5. The van der Waals surface area contributed by atoms with E-state index in [-0.39, 0.29) is 29.0 Å². The molecule has 4 aliphatic carbocycles. The van der Waals surface area contributed by atoms with Crippen molar-refractivity contribution in [3.8, 4) is 0 Å². The van der Waals surface area contributed by atoms with Gasteiger partial charge in [-0.1, -0.05) is 34.6 Å². The van der Waals surface area contributed by atoms with Crippen molar-refractivity contribution < 1.29 is 19.7 Å². The third-order valence-electron chi connectivity index (χ3n) is 10.8. The van der Waals surface area contributed by atoms with Crippen LogP contribution in [0.15, 0.2) is 0 Å². The summed E-state index contributed by atoms with van der Waals surface area (Å²) in [6.07, 6.45) is 9.80. The van der Waals surface area contributed by atoms with Crippen molar-refractivity contribution >= 4 is 5.97 Å². The number of esters is 1. The summed E-state index contributed by atoms with van der Waals surface area (Å²) in [6.45, 7) is 12.0. The zero-order valence-corrected chi connectivity index (χ0v) is 21.2. The second kappa shape index (κ2) is 9.21. The smallest absolute Gasteiger partial charge is 0.305 e. The Labute approximate surface area is 195 Å². The summed E-state index contributed by atoms with van der Waals surface area (Å²) >= 11 is 0. The highest BCUT2D eigenvalue weighted by Gasteiger charge is 2.62. The van der Waals surface area contributed by atoms with Crippen LogP contribution in [0.2, 0.25) is 0 Å². The minimum absolute atomic E-state index is 0.0462. The van der Waals surface area contributed by atoms with Gasteiger partial charge >= 0.3 is 5.97 Å². The van der Waals surface area contributed by atoms with Gasteiger partial charge in [-0.15, -0.1) is 0 Å². The first-order valence-electron chi connectivity index (χ1n) is 13.6. The lowest BCUT2D eigenvalue weighted by molar-refractivity contribution is -0.174. The topological polar surface area (TPSA) is 66.8 Å². The molecule has 0 aromatic rings. The number of hydrogen-bond donors (Lipinski definition) is 2. The largest absolute Gasteiger partial charge is 0.465 e. The highest BCUT2D eigenvalue weighted by Crippen LogP contribution is 2.68. The van der Waals surface area contributed by atoms with Crippen molar-refractivity contribution in [2.75, 3.05) is 6.61 Å². The molecule has 0 saturated heterocycles. The van der Waals surface area contributed by atoms with Crippen LogP contribution >= 0.6 is 0 Å². The second-order valence-corrected chi connectivity index (χ2v) is 13.0. The van der Waals surface area contributed by atoms with E-state index < -0.39 is 0 Å². The van der Waals surface area contributed by atoms with E-state index in [4.69, 9.17) is 4.74 Å². The van der Waals surface area contributed by atoms with E-state index in [1.807, 2.05) is 0 Å². The number of rotatable bonds is 6. The Hall–Kier alpha value is -0.610. The normalized spacial score (nSPS) is 46.8. The van der Waals surface area contributed by atoms with Gasteiger partial charge < -0.3 is 14.9 Å². The van der Waals surface area contributed by atoms with Gasteiger partial charge in [0.1, 0.15) is 0 Å². The summed E-state index contributed by atoms with van der Waals surface area (Å²) in [4.78, 5) is 12.2. The molecule has 0 bridgehead atoms. The van der Waals surface area contributed by atoms with E-state index in [0.717, 1.165) is 32.1 Å². The molecule has 4 aliphatic rings. The predicted molar refractivity (Wildman–Crippen MR) is 127 cm³/mol. The average Bonchev–Trinajstić information content (AvgIpc) is 3.09. The van der Waals surface area contributed by atoms with E-state index in [9.17, 15) is 15.0 Å². The van der Waals surface area contributed by atoms with E-state index in [1.165, 1.54) is 25.7 Å². The Kier molecular flexibility index (Phi) is 7.05. The van der Waals surface area contributed by atoms with Crippen molar-refractivity contribution in [1.82, 2.24) is 0 Å². The Balaban J connectivity index is 1.43. The number of aliphatic hydroxyl groups is 2. The van der Waals surface area contributed by atoms with Crippen molar-refractivity contribution in [3.63, 3.8) is 0 Å². The third kappa shape index (κ3) is 4.28. The zero-order chi connectivity index (χ0) is 23.3. The molecule has 2 N–H and O–H groups in total. The van der Waals surface area contributed by atoms with Crippen molar-refractivity contribution in [2.24, 2.45) is 52.3 Å². The molecule has 0 heterocycles. The van der Waals surface area contributed by atoms with Crippen molar-refractivity contribution in [3.05, 3.63) is 0 Å². The van der Waals surface area contributed by atoms with Crippen LogP contribution in [0.3, 0.4) is 0 Å². The summed E-state index contributed by atoms with van der Waals surface area (Å²) in [5, 5.41) is 21.6. The Bertz CT molecular complexity index is 676. The number of hydrogen-bond acceptors (Lipinski definition) is 4. The molecule has 32 heavy (non-hydrogen) atoms. The monoisotopic (exact) mass is 448 g/mol. The van der Waals surface area contributed by atoms with Crippen LogP contribution in [-0.4, -0.2) is 35.0 Å². The molecule has 0 radical (unpaired) electrons. The molecule has 0 amide bonds. The molecule has 0 aromatic carbocycles. The second-order valence-electron chi connectivity index (χ2n) is 13.0. The van der Waals surface area contributed by atoms with E-state index in [2.05, 4.69) is 34.6 Å². The number of fused-ring (bicyclic) bond motifs is 5. The Morgan fingerprint density at radius 1 is 0.969 bits per heavy atom. The molecule has 4 fully saturated rings. The third-order valence-corrected chi connectivity index (χ3v) is 10.8. The maximum atomic E-state index is 12.2. The summed E-state index contributed by atoms with van der Waals surface area (Å²) in [6, 6.07) is 0. The van der Waals surface area contributed by atoms with Crippen LogP contribution in [0.1, 0.15) is 98.8 Å². The van der Waals surface area contributed by atoms with E-state index in [1.54, 1.807) is 0 Å². The molecular weight excluding hydrogens is 400 g/mol. The summed E-state index contributed by atoms with van der Waals surface area (Å²) in [7, 11) is 0. The van der Waals surface area contributed by atoms with Crippen LogP contribution in [0.4, 0.5) is 0 Å². The quantitative estimate of drug-likeness (QED) is 0.520. The van der Waals surface area contributed by atoms with E-state index in [0.29, 0.717) is 54.5 Å². The van der Waals surface area contributed by atoms with Gasteiger partial charge in [0.05, 0.1) is 18.8 Å². The van der Waals surface area contributed by atoms with Gasteiger partial charge in [-0.05, 0) is 110 Å². The van der Waals surface area contributed by atoms with Crippen LogP contribution in [0.25, 0.3) is 0 Å². The molecule has 4 heteroatoms. The van der Waals surface area contributed by atoms with Gasteiger partial charge in [0.25, 0.3) is 0 Å². The molecule has 0 spiro atoms. The minimum atomic E-state index is -0.215. The molecule has 184 valence electrons. The zero-order valence-electron chi connectivity index (χ0n) is 21.2. The standard InChI is InChI=1S/C28H48O4/c1-17(2)16-32-25(31)9-6-18(3)21-7-8-22-26-23(11-13-28(21,22)5)27(4)12-10-20(29)14-19(27)15-24(26)30/h17-24,26,29-30H,6-16H2,1-5H3/t18-,19?,20+,21-,22+,23+,24+,26+,27+,28-/m1/s1. The summed E-state index contributed by atoms with van der Waals surface area (Å²) in [5.41, 5.74) is 0.565. The maximum Gasteiger partial charge on any atom is 0.305 e. The first-order chi connectivity index (χ1) is 15.1. The molecular formula is C28H48O4. The van der Waals surface area contributed by atoms with E-state index >= 15 is 0 Å². The van der Waals surface area contributed by atoms with Crippen LogP contribution in [-0.2, 0) is 9.53 Å². The van der Waals surface area contributed by atoms with Crippen LogP contribution in [0, 0.1) is 52.3 Å². The fraction of sp³-hybridized carbons (Fsp3) is 0.964. The highest BCUT2D eigenvalue weighted by molar-refractivity contribution is 5.69. The number of ether oxygens (including phenoxy) is 1. The first-order valence-corrected chi connectivity index (χ1v) is 13.6. The average molecular weight is 449 g/mol. The van der Waals surface area contributed by atoms with Crippen LogP contribution in [0.5, 0.6) is 0 Å². The van der Waals surface area contributed by atoms with Crippen molar-refractivity contribution in [1.29, 1.82) is 0 Å². The molecule has 1 unspecified atom stereocenters. The van der Waals surface area contributed by atoms with Gasteiger partial charge in [-0.3, -0.25) is 4.79 Å². The van der Waals surface area contributed by atoms with Gasteiger partial charge in [-0.25, -0.2) is 0 Å². The number of carbonyl (C=O) groups is 1. The summed E-state index contributed by atoms with van der Waals surface area (Å²) in [5.74, 6) is 3.58. The predicted octanol–water partition coefficient (Wildman–Crippen LogP) is 5.59. The lowest BCUT2D eigenvalue weighted by Crippen LogP contribution is -2.58. The fourth-order valence-corrected chi connectivity index (χ4v) is 9.05. The summed E-state index contributed by atoms with van der Waals surface area (Å²) < 4.78 is 5.41. The maximum absolute atomic E-state index is 12.2. The van der Waals surface area contributed by atoms with Gasteiger partial charge in [0.15, 0.2) is 0 Å². The Morgan fingerprint density at radius 2 is 1.66 bits per heavy atom. The lowest BCUT2D eigenvalue weighted by atomic mass is 9.43. The van der Waals surface area contributed by atoms with Gasteiger partial charge in [-0.2, -0.15) is 0 Å². The number of carbonyl (C=O) groups excluding carboxylic acids is 1. The molecule has 4 saturated carbocycles. The number of aliphatic hydroxyl groups excluding tert-OH is 2.